The van der Waals surface area contributed by atoms with Gasteiger partial charge in [-0.2, -0.15) is 0 Å². The Hall–Kier alpha value is -0.850. The third kappa shape index (κ3) is 2.00. The summed E-state index contributed by atoms with van der Waals surface area (Å²) >= 11 is 4.74. The molecule has 0 fully saturated rings. The zero-order valence-corrected chi connectivity index (χ0v) is 11.1. The SMILES string of the molecule is CN(CCN)c1cc(=O)c2scc(Br)c2o1. The molecule has 0 unspecified atom stereocenters. The lowest BCUT2D eigenvalue weighted by Gasteiger charge is -2.15. The maximum absolute atomic E-state index is 11.8. The van der Waals surface area contributed by atoms with Crippen LogP contribution in [0.2, 0.25) is 0 Å². The molecule has 0 amide bonds. The van der Waals surface area contributed by atoms with Crippen molar-refractivity contribution < 1.29 is 4.42 Å². The van der Waals surface area contributed by atoms with E-state index in [2.05, 4.69) is 15.9 Å². The molecule has 4 nitrogen and oxygen atoms in total. The van der Waals surface area contributed by atoms with Crippen LogP contribution in [-0.2, 0) is 0 Å². The van der Waals surface area contributed by atoms with Gasteiger partial charge in [0.15, 0.2) is 11.5 Å². The normalized spacial score (nSPS) is 10.9. The average Bonchev–Trinajstić information content (AvgIpc) is 2.61. The van der Waals surface area contributed by atoms with Gasteiger partial charge in [0.05, 0.1) is 4.47 Å². The lowest BCUT2D eigenvalue weighted by atomic mass is 10.4. The van der Waals surface area contributed by atoms with Crippen molar-refractivity contribution in [3.05, 3.63) is 26.1 Å². The van der Waals surface area contributed by atoms with Gasteiger partial charge < -0.3 is 15.1 Å². The Bertz CT molecular complexity index is 563. The van der Waals surface area contributed by atoms with Crippen molar-refractivity contribution in [3.8, 4) is 0 Å². The number of halogens is 1. The van der Waals surface area contributed by atoms with Crippen molar-refractivity contribution in [1.29, 1.82) is 0 Å². The maximum Gasteiger partial charge on any atom is 0.204 e. The van der Waals surface area contributed by atoms with Gasteiger partial charge in [0, 0.05) is 31.6 Å². The molecular weight excluding hydrogens is 292 g/mol. The summed E-state index contributed by atoms with van der Waals surface area (Å²) in [5, 5.41) is 1.85. The maximum atomic E-state index is 11.8. The van der Waals surface area contributed by atoms with E-state index < -0.39 is 0 Å². The van der Waals surface area contributed by atoms with Crippen molar-refractivity contribution in [3.63, 3.8) is 0 Å². The first-order valence-corrected chi connectivity index (χ1v) is 6.43. The lowest BCUT2D eigenvalue weighted by Crippen LogP contribution is -2.25. The molecule has 2 heterocycles. The summed E-state index contributed by atoms with van der Waals surface area (Å²) in [5.41, 5.74) is 6.05. The molecule has 0 aliphatic carbocycles. The first-order chi connectivity index (χ1) is 7.63. The van der Waals surface area contributed by atoms with E-state index in [-0.39, 0.29) is 5.43 Å². The van der Waals surface area contributed by atoms with Crippen molar-refractivity contribution in [2.24, 2.45) is 5.73 Å². The number of hydrogen-bond donors (Lipinski definition) is 1. The van der Waals surface area contributed by atoms with Crippen molar-refractivity contribution in [1.82, 2.24) is 0 Å². The first kappa shape index (κ1) is 11.6. The molecule has 0 atom stereocenters. The molecule has 6 heteroatoms. The molecule has 0 spiro atoms. The molecule has 2 rings (SSSR count). The minimum atomic E-state index is -0.0178. The van der Waals surface area contributed by atoms with Crippen LogP contribution in [-0.4, -0.2) is 20.1 Å². The van der Waals surface area contributed by atoms with Gasteiger partial charge in [-0.05, 0) is 15.9 Å². The van der Waals surface area contributed by atoms with Crippen LogP contribution >= 0.6 is 27.3 Å². The number of nitrogens with two attached hydrogens (primary N) is 1. The second-order valence-corrected chi connectivity index (χ2v) is 5.13. The molecule has 0 aliphatic rings. The highest BCUT2D eigenvalue weighted by Gasteiger charge is 2.12. The van der Waals surface area contributed by atoms with Gasteiger partial charge in [0.2, 0.25) is 5.43 Å². The quantitative estimate of drug-likeness (QED) is 0.942. The van der Waals surface area contributed by atoms with Gasteiger partial charge >= 0.3 is 0 Å². The van der Waals surface area contributed by atoms with E-state index in [1.807, 2.05) is 17.3 Å². The second-order valence-electron chi connectivity index (χ2n) is 3.40. The Balaban J connectivity index is 2.56. The molecule has 0 bridgehead atoms. The largest absolute Gasteiger partial charge is 0.438 e. The number of thiophene rings is 1. The molecule has 2 aromatic heterocycles. The summed E-state index contributed by atoms with van der Waals surface area (Å²) in [6.07, 6.45) is 0. The van der Waals surface area contributed by atoms with Crippen LogP contribution in [0.3, 0.4) is 0 Å². The van der Waals surface area contributed by atoms with E-state index in [4.69, 9.17) is 10.2 Å². The van der Waals surface area contributed by atoms with Crippen LogP contribution < -0.4 is 16.1 Å². The molecule has 0 saturated heterocycles. The van der Waals surface area contributed by atoms with Gasteiger partial charge in [-0.25, -0.2) is 0 Å². The van der Waals surface area contributed by atoms with Crippen LogP contribution in [0.15, 0.2) is 25.1 Å². The summed E-state index contributed by atoms with van der Waals surface area (Å²) in [4.78, 5) is 13.6. The fourth-order valence-corrected chi connectivity index (χ4v) is 2.85. The highest BCUT2D eigenvalue weighted by Crippen LogP contribution is 2.30. The monoisotopic (exact) mass is 302 g/mol. The Labute approximate surface area is 105 Å². The van der Waals surface area contributed by atoms with Gasteiger partial charge in [0.25, 0.3) is 0 Å². The minimum absolute atomic E-state index is 0.0178. The second kappa shape index (κ2) is 4.57. The van der Waals surface area contributed by atoms with E-state index >= 15 is 0 Å². The van der Waals surface area contributed by atoms with Crippen molar-refractivity contribution in [2.45, 2.75) is 0 Å². The Morgan fingerprint density at radius 2 is 2.38 bits per heavy atom. The first-order valence-electron chi connectivity index (χ1n) is 4.75. The highest BCUT2D eigenvalue weighted by molar-refractivity contribution is 9.10. The summed E-state index contributed by atoms with van der Waals surface area (Å²) in [6, 6.07) is 1.50. The van der Waals surface area contributed by atoms with E-state index in [0.29, 0.717) is 29.3 Å². The highest BCUT2D eigenvalue weighted by atomic mass is 79.9. The van der Waals surface area contributed by atoms with Crippen LogP contribution in [0, 0.1) is 0 Å². The van der Waals surface area contributed by atoms with Crippen molar-refractivity contribution >= 4 is 43.4 Å². The van der Waals surface area contributed by atoms with Crippen LogP contribution in [0.1, 0.15) is 0 Å². The van der Waals surface area contributed by atoms with Gasteiger partial charge in [-0.3, -0.25) is 4.79 Å². The molecule has 0 radical (unpaired) electrons. The predicted octanol–water partition coefficient (Wildman–Crippen LogP) is 2.01. The van der Waals surface area contributed by atoms with E-state index in [1.54, 1.807) is 0 Å². The summed E-state index contributed by atoms with van der Waals surface area (Å²) in [6.45, 7) is 1.17. The van der Waals surface area contributed by atoms with E-state index in [9.17, 15) is 4.79 Å². The van der Waals surface area contributed by atoms with Crippen molar-refractivity contribution in [2.75, 3.05) is 25.0 Å². The van der Waals surface area contributed by atoms with Crippen LogP contribution in [0.4, 0.5) is 5.88 Å². The van der Waals surface area contributed by atoms with E-state index in [0.717, 1.165) is 4.47 Å². The molecule has 0 aromatic carbocycles. The number of likely N-dealkylation sites (N-methyl/N-ethyl adjacent to an activating group) is 1. The summed E-state index contributed by atoms with van der Waals surface area (Å²) in [7, 11) is 1.84. The molecular formula is C10H11BrN2O2S. The Morgan fingerprint density at radius 1 is 1.62 bits per heavy atom. The number of hydrogen-bond acceptors (Lipinski definition) is 5. The molecule has 2 aromatic rings. The Kier molecular flexibility index (Phi) is 3.32. The third-order valence-corrected chi connectivity index (χ3v) is 4.10. The third-order valence-electron chi connectivity index (χ3n) is 2.23. The summed E-state index contributed by atoms with van der Waals surface area (Å²) in [5.74, 6) is 0.544. The number of fused-ring (bicyclic) bond motifs is 1. The molecule has 16 heavy (non-hydrogen) atoms. The van der Waals surface area contributed by atoms with Gasteiger partial charge in [0.1, 0.15) is 4.70 Å². The predicted molar refractivity (Wildman–Crippen MR) is 70.4 cm³/mol. The number of rotatable bonds is 3. The molecule has 0 aliphatic heterocycles. The zero-order valence-electron chi connectivity index (χ0n) is 8.70. The lowest BCUT2D eigenvalue weighted by molar-refractivity contribution is 0.585. The molecule has 2 N–H and O–H groups in total. The van der Waals surface area contributed by atoms with Crippen LogP contribution in [0.5, 0.6) is 0 Å². The fraction of sp³-hybridized carbons (Fsp3) is 0.300. The van der Waals surface area contributed by atoms with Crippen LogP contribution in [0.25, 0.3) is 10.3 Å². The minimum Gasteiger partial charge on any atom is -0.438 e. The number of nitrogens with zero attached hydrogens (tertiary/aromatic N) is 1. The fourth-order valence-electron chi connectivity index (χ4n) is 1.39. The zero-order chi connectivity index (χ0) is 11.7. The van der Waals surface area contributed by atoms with E-state index in [1.165, 1.54) is 17.4 Å². The molecule has 0 saturated carbocycles. The Morgan fingerprint density at radius 3 is 3.06 bits per heavy atom. The molecule has 86 valence electrons. The topological polar surface area (TPSA) is 59.5 Å². The smallest absolute Gasteiger partial charge is 0.204 e. The standard InChI is InChI=1S/C10H11BrN2O2S/c1-13(3-2-12)8-4-7(14)10-9(15-8)6(11)5-16-10/h4-5H,2-3,12H2,1H3. The summed E-state index contributed by atoms with van der Waals surface area (Å²) < 4.78 is 7.11. The van der Waals surface area contributed by atoms with Gasteiger partial charge in [-0.1, -0.05) is 0 Å². The number of anilines is 1. The average molecular weight is 303 g/mol. The van der Waals surface area contributed by atoms with Gasteiger partial charge in [-0.15, -0.1) is 11.3 Å².